The minimum Gasteiger partial charge on any atom is -0.512 e. The average molecular weight is 262 g/mol. The Morgan fingerprint density at radius 3 is 1.88 bits per heavy atom. The van der Waals surface area contributed by atoms with E-state index in [9.17, 15) is 0 Å². The van der Waals surface area contributed by atoms with E-state index in [4.69, 9.17) is 23.4 Å². The van der Waals surface area contributed by atoms with Crippen molar-refractivity contribution in [2.75, 3.05) is 0 Å². The molecule has 0 N–H and O–H groups in total. The molecule has 0 aliphatic rings. The maximum atomic E-state index is 6.25. The van der Waals surface area contributed by atoms with Gasteiger partial charge in [-0.15, -0.1) is 11.6 Å². The van der Waals surface area contributed by atoms with E-state index >= 15 is 0 Å². The minimum absolute atomic E-state index is 0. The number of alkyl halides is 1. The second kappa shape index (κ2) is 10.8. The van der Waals surface area contributed by atoms with Gasteiger partial charge in [-0.25, -0.2) is 0 Å². The summed E-state index contributed by atoms with van der Waals surface area (Å²) >= 11 is 5.96. The van der Waals surface area contributed by atoms with Crippen LogP contribution in [0.4, 0.5) is 0 Å². The zero-order valence-corrected chi connectivity index (χ0v) is 14.4. The van der Waals surface area contributed by atoms with Crippen molar-refractivity contribution in [3.05, 3.63) is 42.0 Å². The van der Waals surface area contributed by atoms with Crippen LogP contribution in [0.3, 0.4) is 0 Å². The fraction of sp³-hybridized carbons (Fsp3) is 0.462. The van der Waals surface area contributed by atoms with Gasteiger partial charge in [0.1, 0.15) is 0 Å². The first-order valence-electron chi connectivity index (χ1n) is 5.05. The van der Waals surface area contributed by atoms with Crippen LogP contribution in [0.5, 0.6) is 0 Å². The summed E-state index contributed by atoms with van der Waals surface area (Å²) < 4.78 is 0. The molecule has 82 valence electrons. The van der Waals surface area contributed by atoms with E-state index in [0.29, 0.717) is 0 Å². The van der Waals surface area contributed by atoms with Gasteiger partial charge in [-0.3, -0.25) is 0 Å². The Labute approximate surface area is 147 Å². The molecule has 1 atom stereocenters. The summed E-state index contributed by atoms with van der Waals surface area (Å²) in [5.74, 6) is 0.722. The Morgan fingerprint density at radius 1 is 1.12 bits per heavy atom. The quantitative estimate of drug-likeness (QED) is 0.457. The SMILES string of the molecule is CC(C)Cc1ccc(C(C)Cl)cc1.[C-]#N.[K+]. The summed E-state index contributed by atoms with van der Waals surface area (Å²) in [6, 6.07) is 8.59. The van der Waals surface area contributed by atoms with Crippen LogP contribution < -0.4 is 51.4 Å². The molecule has 0 fully saturated rings. The minimum atomic E-state index is 0. The third kappa shape index (κ3) is 7.84. The molecule has 0 aliphatic carbocycles. The molecule has 0 heterocycles. The number of hydrogen-bond acceptors (Lipinski definition) is 1. The maximum absolute atomic E-state index is 6.25. The van der Waals surface area contributed by atoms with Gasteiger partial charge in [-0.1, -0.05) is 38.1 Å². The first-order chi connectivity index (χ1) is 7.09. The van der Waals surface area contributed by atoms with Crippen molar-refractivity contribution >= 4 is 11.6 Å². The van der Waals surface area contributed by atoms with Crippen molar-refractivity contribution in [2.24, 2.45) is 5.92 Å². The summed E-state index contributed by atoms with van der Waals surface area (Å²) in [6.45, 7) is 11.2. The molecule has 0 aromatic heterocycles. The molecule has 0 radical (unpaired) electrons. The van der Waals surface area contributed by atoms with Crippen LogP contribution >= 0.6 is 11.6 Å². The fourth-order valence-corrected chi connectivity index (χ4v) is 1.54. The third-order valence-electron chi connectivity index (χ3n) is 2.08. The largest absolute Gasteiger partial charge is 1.00 e. The van der Waals surface area contributed by atoms with Gasteiger partial charge in [0.05, 0.1) is 5.38 Å². The Hall–Kier alpha value is 0.636. The second-order valence-electron chi connectivity index (χ2n) is 3.96. The number of rotatable bonds is 3. The topological polar surface area (TPSA) is 23.8 Å². The maximum Gasteiger partial charge on any atom is 1.00 e. The second-order valence-corrected chi connectivity index (χ2v) is 4.61. The van der Waals surface area contributed by atoms with E-state index in [-0.39, 0.29) is 56.8 Å². The predicted molar refractivity (Wildman–Crippen MR) is 64.2 cm³/mol. The molecule has 0 saturated carbocycles. The van der Waals surface area contributed by atoms with Gasteiger partial charge >= 0.3 is 51.4 Å². The molecule has 0 aliphatic heterocycles. The first-order valence-corrected chi connectivity index (χ1v) is 5.48. The Kier molecular flexibility index (Phi) is 12.8. The normalized spacial score (nSPS) is 10.9. The van der Waals surface area contributed by atoms with Crippen molar-refractivity contribution in [3.63, 3.8) is 0 Å². The van der Waals surface area contributed by atoms with E-state index in [1.807, 2.05) is 6.92 Å². The van der Waals surface area contributed by atoms with Gasteiger partial charge < -0.3 is 11.8 Å². The molecule has 1 nitrogen and oxygen atoms in total. The van der Waals surface area contributed by atoms with E-state index < -0.39 is 0 Å². The first kappa shape index (κ1) is 19.0. The summed E-state index contributed by atoms with van der Waals surface area (Å²) in [6.07, 6.45) is 1.15. The Balaban J connectivity index is 0. The van der Waals surface area contributed by atoms with Crippen LogP contribution in [0.15, 0.2) is 24.3 Å². The molecule has 1 aromatic carbocycles. The summed E-state index contributed by atoms with van der Waals surface area (Å²) in [5.41, 5.74) is 2.60. The monoisotopic (exact) mass is 261 g/mol. The van der Waals surface area contributed by atoms with Crippen LogP contribution in [0.1, 0.15) is 37.3 Å². The van der Waals surface area contributed by atoms with Crippen molar-refractivity contribution in [1.82, 2.24) is 0 Å². The van der Waals surface area contributed by atoms with Crippen molar-refractivity contribution in [1.29, 1.82) is 5.26 Å². The predicted octanol–water partition coefficient (Wildman–Crippen LogP) is 1.29. The molecule has 1 rings (SSSR count). The van der Waals surface area contributed by atoms with Gasteiger partial charge in [-0.2, -0.15) is 0 Å². The van der Waals surface area contributed by atoms with Crippen LogP contribution in [-0.4, -0.2) is 0 Å². The van der Waals surface area contributed by atoms with Crippen LogP contribution in [-0.2, 0) is 6.42 Å². The summed E-state index contributed by atoms with van der Waals surface area (Å²) in [4.78, 5) is 0. The van der Waals surface area contributed by atoms with Gasteiger partial charge in [-0.05, 0) is 30.4 Å². The van der Waals surface area contributed by atoms with E-state index in [0.717, 1.165) is 12.3 Å². The molecule has 16 heavy (non-hydrogen) atoms. The summed E-state index contributed by atoms with van der Waals surface area (Å²) in [5, 5.41) is 6.37. The van der Waals surface area contributed by atoms with E-state index in [1.54, 1.807) is 0 Å². The number of halogens is 1. The number of hydrogen-bond donors (Lipinski definition) is 0. The average Bonchev–Trinajstić information content (AvgIpc) is 2.20. The molecular formula is C13H17ClKN. The molecule has 0 amide bonds. The fourth-order valence-electron chi connectivity index (χ4n) is 1.39. The molecule has 1 unspecified atom stereocenters. The standard InChI is InChI=1S/C12H17Cl.CN.K/c1-9(2)8-11-4-6-12(7-5-11)10(3)13;1-2;/h4-7,9-10H,8H2,1-3H3;;/q;-1;+1. The molecule has 0 bridgehead atoms. The van der Waals surface area contributed by atoms with Crippen molar-refractivity contribution in [3.8, 4) is 0 Å². The van der Waals surface area contributed by atoms with Gasteiger partial charge in [0.25, 0.3) is 0 Å². The van der Waals surface area contributed by atoms with E-state index in [1.165, 1.54) is 11.1 Å². The van der Waals surface area contributed by atoms with Crippen molar-refractivity contribution in [2.45, 2.75) is 32.6 Å². The number of benzene rings is 1. The molecule has 1 aromatic rings. The van der Waals surface area contributed by atoms with Crippen LogP contribution in [0, 0.1) is 17.8 Å². The Morgan fingerprint density at radius 2 is 1.56 bits per heavy atom. The van der Waals surface area contributed by atoms with Crippen LogP contribution in [0.25, 0.3) is 0 Å². The van der Waals surface area contributed by atoms with Crippen molar-refractivity contribution < 1.29 is 51.4 Å². The van der Waals surface area contributed by atoms with Gasteiger partial charge in [0, 0.05) is 0 Å². The Bertz CT molecular complexity index is 291. The zero-order valence-electron chi connectivity index (χ0n) is 10.5. The van der Waals surface area contributed by atoms with Gasteiger partial charge in [0.15, 0.2) is 0 Å². The molecule has 0 spiro atoms. The third-order valence-corrected chi connectivity index (χ3v) is 2.33. The summed E-state index contributed by atoms with van der Waals surface area (Å²) in [7, 11) is 0. The molecule has 3 heteroatoms. The van der Waals surface area contributed by atoms with E-state index in [2.05, 4.69) is 38.1 Å². The zero-order chi connectivity index (χ0) is 11.8. The molecular weight excluding hydrogens is 245 g/mol. The van der Waals surface area contributed by atoms with Gasteiger partial charge in [0.2, 0.25) is 0 Å². The van der Waals surface area contributed by atoms with Crippen LogP contribution in [0.2, 0.25) is 0 Å². The molecule has 0 saturated heterocycles. The smallest absolute Gasteiger partial charge is 0.512 e. The number of nitrogens with zero attached hydrogens (tertiary/aromatic N) is 1.